The van der Waals surface area contributed by atoms with E-state index in [-0.39, 0.29) is 24.2 Å². The lowest BCUT2D eigenvalue weighted by molar-refractivity contribution is -0.154. The molecular formula is C31H45N3O7S3. The minimum atomic E-state index is -3.88. The van der Waals surface area contributed by atoms with Crippen LogP contribution in [0.25, 0.3) is 6.08 Å². The van der Waals surface area contributed by atoms with Crippen molar-refractivity contribution in [2.24, 2.45) is 17.3 Å². The predicted molar refractivity (Wildman–Crippen MR) is 174 cm³/mol. The number of esters is 1. The number of carbonyl (C=O) groups is 2. The molecule has 2 saturated heterocycles. The molecule has 4 rings (SSSR count). The normalized spacial score (nSPS) is 32.5. The van der Waals surface area contributed by atoms with Crippen molar-refractivity contribution in [3.8, 4) is 0 Å². The Labute approximate surface area is 268 Å². The van der Waals surface area contributed by atoms with E-state index in [1.807, 2.05) is 37.6 Å². The molecule has 0 saturated carbocycles. The van der Waals surface area contributed by atoms with Crippen LogP contribution in [0.15, 0.2) is 28.5 Å². The number of anilines is 1. The van der Waals surface area contributed by atoms with Crippen LogP contribution in [0.5, 0.6) is 0 Å². The van der Waals surface area contributed by atoms with Gasteiger partial charge in [-0.05, 0) is 61.8 Å². The van der Waals surface area contributed by atoms with Gasteiger partial charge in [-0.25, -0.2) is 4.98 Å². The molecule has 2 aromatic rings. The molecule has 10 nitrogen and oxygen atoms in total. The second kappa shape index (κ2) is 13.7. The molecule has 4 heterocycles. The minimum absolute atomic E-state index is 0.227. The van der Waals surface area contributed by atoms with Gasteiger partial charge in [0.25, 0.3) is 0 Å². The van der Waals surface area contributed by atoms with Crippen molar-refractivity contribution in [3.05, 3.63) is 39.2 Å². The number of rotatable bonds is 5. The Bertz CT molecular complexity index is 1450. The quantitative estimate of drug-likeness (QED) is 0.342. The van der Waals surface area contributed by atoms with E-state index >= 15 is 0 Å². The zero-order valence-electron chi connectivity index (χ0n) is 26.5. The van der Waals surface area contributed by atoms with Crippen LogP contribution in [0.4, 0.5) is 5.00 Å². The molecule has 6 unspecified atom stereocenters. The highest BCUT2D eigenvalue weighted by Gasteiger charge is 2.57. The van der Waals surface area contributed by atoms with Crippen molar-refractivity contribution in [1.29, 1.82) is 0 Å². The zero-order valence-corrected chi connectivity index (χ0v) is 28.9. The lowest BCUT2D eigenvalue weighted by Crippen LogP contribution is -2.45. The third kappa shape index (κ3) is 7.45. The number of cyclic esters (lactones) is 1. The van der Waals surface area contributed by atoms with Crippen LogP contribution in [0.1, 0.15) is 77.4 Å². The van der Waals surface area contributed by atoms with Crippen molar-refractivity contribution < 1.29 is 33.0 Å². The molecule has 244 valence electrons. The fourth-order valence-electron chi connectivity index (χ4n) is 6.09. The van der Waals surface area contributed by atoms with Crippen molar-refractivity contribution in [3.63, 3.8) is 0 Å². The number of hydrogen-bond acceptors (Lipinski definition) is 10. The number of aliphatic hydroxyl groups excluding tert-OH is 2. The lowest BCUT2D eigenvalue weighted by atomic mass is 9.73. The van der Waals surface area contributed by atoms with Gasteiger partial charge < -0.3 is 14.9 Å². The van der Waals surface area contributed by atoms with Gasteiger partial charge in [0.2, 0.25) is 0 Å². The third-order valence-corrected chi connectivity index (χ3v) is 13.0. The van der Waals surface area contributed by atoms with Crippen LogP contribution in [0.3, 0.4) is 0 Å². The minimum Gasteiger partial charge on any atom is -0.458 e. The second-order valence-electron chi connectivity index (χ2n) is 12.8. The molecule has 0 aromatic carbocycles. The summed E-state index contributed by atoms with van der Waals surface area (Å²) in [5.41, 5.74) is 0.124. The highest BCUT2D eigenvalue weighted by atomic mass is 32.2. The second-order valence-corrected chi connectivity index (χ2v) is 16.6. The summed E-state index contributed by atoms with van der Waals surface area (Å²) in [4.78, 5) is 31.2. The topological polar surface area (TPSA) is 137 Å². The molecular weight excluding hydrogens is 623 g/mol. The monoisotopic (exact) mass is 667 g/mol. The van der Waals surface area contributed by atoms with Crippen molar-refractivity contribution in [2.45, 2.75) is 104 Å². The van der Waals surface area contributed by atoms with E-state index in [1.54, 1.807) is 32.9 Å². The molecule has 0 amide bonds. The van der Waals surface area contributed by atoms with Crippen LogP contribution in [0, 0.1) is 24.2 Å². The molecule has 8 atom stereocenters. The number of Topliss-reactive ketones (excluding diaryl/α,β-unsaturated/α-hetero) is 1. The zero-order chi connectivity index (χ0) is 32.6. The van der Waals surface area contributed by atoms with Crippen molar-refractivity contribution in [1.82, 2.24) is 9.29 Å². The SMILES string of the molecule is C/C(=C\c1csc(C)n1)C1C[C@H]2C(CCCC(C)[C@H](O)C(C)C(=O)C(C)(C)C(O)CC(=O)O1)N2S(=O)(=O)N(C)c1cccs1. The Balaban J connectivity index is 1.69. The summed E-state index contributed by atoms with van der Waals surface area (Å²) in [5, 5.41) is 27.3. The number of thiazole rings is 1. The van der Waals surface area contributed by atoms with E-state index in [2.05, 4.69) is 4.98 Å². The Morgan fingerprint density at radius 3 is 2.50 bits per heavy atom. The van der Waals surface area contributed by atoms with Crippen LogP contribution in [-0.4, -0.2) is 77.1 Å². The first-order valence-electron chi connectivity index (χ1n) is 15.1. The fourth-order valence-corrected chi connectivity index (χ4v) is 9.35. The van der Waals surface area contributed by atoms with E-state index in [9.17, 15) is 28.2 Å². The maximum absolute atomic E-state index is 13.9. The van der Waals surface area contributed by atoms with Gasteiger partial charge in [0.1, 0.15) is 16.9 Å². The number of aromatic nitrogens is 1. The van der Waals surface area contributed by atoms with Crippen LogP contribution < -0.4 is 4.31 Å². The van der Waals surface area contributed by atoms with Crippen molar-refractivity contribution in [2.75, 3.05) is 11.4 Å². The Hall–Kier alpha value is -2.16. The number of ketones is 1. The van der Waals surface area contributed by atoms with Gasteiger partial charge in [0.05, 0.1) is 34.7 Å². The number of ether oxygens (including phenoxy) is 1. The molecule has 2 aromatic heterocycles. The number of hydrogen-bond donors (Lipinski definition) is 2. The van der Waals surface area contributed by atoms with Gasteiger partial charge in [-0.2, -0.15) is 12.7 Å². The molecule has 2 N–H and O–H groups in total. The molecule has 44 heavy (non-hydrogen) atoms. The predicted octanol–water partition coefficient (Wildman–Crippen LogP) is 4.82. The summed E-state index contributed by atoms with van der Waals surface area (Å²) in [6.07, 6.45) is 0.377. The van der Waals surface area contributed by atoms with Gasteiger partial charge in [-0.1, -0.05) is 34.1 Å². The Morgan fingerprint density at radius 1 is 1.18 bits per heavy atom. The standard InChI is InChI=1S/C31H45N3O7S3/c1-18-10-8-11-23-24(34(23)44(39,40)33(7)27-12-9-13-42-27)15-25(19(2)14-22-17-43-21(4)32-22)41-28(36)16-26(35)31(5,6)30(38)20(3)29(18)37/h9,12-14,17-18,20,23-26,29,35,37H,8,10-11,15-16H2,1-7H3/b19-14+/t18?,20?,23?,24-,25?,26?,29-,34?/m0/s1. The van der Waals surface area contributed by atoms with E-state index in [0.717, 1.165) is 10.7 Å². The molecule has 2 aliphatic heterocycles. The molecule has 0 aliphatic carbocycles. The largest absolute Gasteiger partial charge is 0.458 e. The van der Waals surface area contributed by atoms with Gasteiger partial charge in [0, 0.05) is 36.9 Å². The van der Waals surface area contributed by atoms with Crippen molar-refractivity contribution >= 4 is 55.7 Å². The summed E-state index contributed by atoms with van der Waals surface area (Å²) in [7, 11) is -2.34. The molecule has 0 radical (unpaired) electrons. The number of aryl methyl sites for hydroxylation is 1. The van der Waals surface area contributed by atoms with Gasteiger partial charge in [-0.3, -0.25) is 13.9 Å². The smallest absolute Gasteiger partial charge is 0.309 e. The summed E-state index contributed by atoms with van der Waals surface area (Å²) in [5.74, 6) is -2.01. The molecule has 0 bridgehead atoms. The van der Waals surface area contributed by atoms with Crippen LogP contribution >= 0.6 is 22.7 Å². The summed E-state index contributed by atoms with van der Waals surface area (Å²) < 4.78 is 36.4. The van der Waals surface area contributed by atoms with E-state index in [1.165, 1.54) is 38.3 Å². The van der Waals surface area contributed by atoms with Gasteiger partial charge in [-0.15, -0.1) is 22.7 Å². The Kier molecular flexibility index (Phi) is 10.8. The lowest BCUT2D eigenvalue weighted by Gasteiger charge is -2.34. The van der Waals surface area contributed by atoms with Crippen LogP contribution in [-0.2, 0) is 24.5 Å². The summed E-state index contributed by atoms with van der Waals surface area (Å²) in [6, 6.07) is 2.81. The average molecular weight is 668 g/mol. The average Bonchev–Trinajstić information content (AvgIpc) is 3.26. The number of nitrogens with zero attached hydrogens (tertiary/aromatic N) is 3. The summed E-state index contributed by atoms with van der Waals surface area (Å²) in [6.45, 7) is 10.4. The molecule has 2 fully saturated rings. The first-order chi connectivity index (χ1) is 20.5. The molecule has 13 heteroatoms. The number of thiophene rings is 1. The maximum atomic E-state index is 13.9. The number of carbonyl (C=O) groups excluding carboxylic acids is 2. The van der Waals surface area contributed by atoms with E-state index < -0.39 is 58.3 Å². The Morgan fingerprint density at radius 2 is 1.89 bits per heavy atom. The first-order valence-corrected chi connectivity index (χ1v) is 18.2. The molecule has 0 spiro atoms. The van der Waals surface area contributed by atoms with Crippen LogP contribution in [0.2, 0.25) is 0 Å². The third-order valence-electron chi connectivity index (χ3n) is 9.18. The van der Waals surface area contributed by atoms with E-state index in [4.69, 9.17) is 4.74 Å². The number of fused-ring (bicyclic) bond motifs is 1. The first kappa shape index (κ1) is 34.7. The fraction of sp³-hybridized carbons (Fsp3) is 0.645. The van der Waals surface area contributed by atoms with Gasteiger partial charge >= 0.3 is 16.2 Å². The highest BCUT2D eigenvalue weighted by molar-refractivity contribution is 7.91. The molecule has 2 aliphatic rings. The van der Waals surface area contributed by atoms with Gasteiger partial charge in [0.15, 0.2) is 0 Å². The maximum Gasteiger partial charge on any atom is 0.309 e. The number of aliphatic hydroxyl groups is 2. The highest BCUT2D eigenvalue weighted by Crippen LogP contribution is 2.43. The summed E-state index contributed by atoms with van der Waals surface area (Å²) >= 11 is 2.83. The van der Waals surface area contributed by atoms with E-state index in [0.29, 0.717) is 29.8 Å².